The van der Waals surface area contributed by atoms with Crippen molar-refractivity contribution in [2.24, 2.45) is 0 Å². The molecular weight excluding hydrogens is 313 g/mol. The molecule has 0 spiro atoms. The summed E-state index contributed by atoms with van der Waals surface area (Å²) in [6.07, 6.45) is 0. The van der Waals surface area contributed by atoms with Crippen molar-refractivity contribution in [1.29, 1.82) is 0 Å². The highest BCUT2D eigenvalue weighted by atomic mass is 35.5. The Balaban J connectivity index is 2.50. The third-order valence-electron chi connectivity index (χ3n) is 3.30. The van der Waals surface area contributed by atoms with Crippen molar-refractivity contribution >= 4 is 34.5 Å². The number of ether oxygens (including phenoxy) is 1. The van der Waals surface area contributed by atoms with Crippen LogP contribution in [0, 0.1) is 13.8 Å². The van der Waals surface area contributed by atoms with E-state index in [9.17, 15) is 0 Å². The molecule has 5 heteroatoms. The molecule has 1 atom stereocenters. The van der Waals surface area contributed by atoms with Crippen LogP contribution < -0.4 is 10.1 Å². The average molecular weight is 330 g/mol. The van der Waals surface area contributed by atoms with Crippen LogP contribution in [0.25, 0.3) is 0 Å². The fourth-order valence-electron chi connectivity index (χ4n) is 2.52. The first-order chi connectivity index (χ1) is 9.47. The smallest absolute Gasteiger partial charge is 0.124 e. The van der Waals surface area contributed by atoms with Gasteiger partial charge in [0.1, 0.15) is 5.75 Å². The quantitative estimate of drug-likeness (QED) is 0.853. The average Bonchev–Trinajstić information content (AvgIpc) is 2.69. The molecule has 0 saturated heterocycles. The van der Waals surface area contributed by atoms with Crippen molar-refractivity contribution in [3.63, 3.8) is 0 Å². The fraction of sp³-hybridized carbons (Fsp3) is 0.333. The molecule has 0 aliphatic heterocycles. The summed E-state index contributed by atoms with van der Waals surface area (Å²) in [6, 6.07) is 6.18. The van der Waals surface area contributed by atoms with Crippen molar-refractivity contribution < 1.29 is 4.74 Å². The molecule has 2 nitrogen and oxygen atoms in total. The predicted octanol–water partition coefficient (Wildman–Crippen LogP) is 4.99. The number of nitrogens with one attached hydrogen (secondary N) is 1. The van der Waals surface area contributed by atoms with Gasteiger partial charge in [0.05, 0.1) is 21.8 Å². The van der Waals surface area contributed by atoms with E-state index in [1.54, 1.807) is 7.11 Å². The summed E-state index contributed by atoms with van der Waals surface area (Å²) in [6.45, 7) is 4.09. The molecule has 108 valence electrons. The van der Waals surface area contributed by atoms with E-state index in [-0.39, 0.29) is 6.04 Å². The molecule has 0 radical (unpaired) electrons. The third-order valence-corrected chi connectivity index (χ3v) is 4.82. The van der Waals surface area contributed by atoms with Gasteiger partial charge in [0, 0.05) is 5.56 Å². The number of thiophene rings is 1. The third kappa shape index (κ3) is 2.96. The summed E-state index contributed by atoms with van der Waals surface area (Å²) in [4.78, 5) is 0. The highest BCUT2D eigenvalue weighted by molar-refractivity contribution is 7.20. The Hall–Kier alpha value is -0.740. The van der Waals surface area contributed by atoms with E-state index in [4.69, 9.17) is 27.9 Å². The first kappa shape index (κ1) is 15.6. The molecule has 1 N–H and O–H groups in total. The summed E-state index contributed by atoms with van der Waals surface area (Å²) in [5, 5.41) is 3.30. The molecule has 0 fully saturated rings. The van der Waals surface area contributed by atoms with E-state index in [2.05, 4.69) is 17.4 Å². The molecule has 20 heavy (non-hydrogen) atoms. The van der Waals surface area contributed by atoms with Crippen LogP contribution in [0.1, 0.15) is 28.3 Å². The van der Waals surface area contributed by atoms with E-state index in [1.165, 1.54) is 11.3 Å². The normalized spacial score (nSPS) is 12.5. The zero-order valence-corrected chi connectivity index (χ0v) is 14.2. The van der Waals surface area contributed by atoms with Gasteiger partial charge < -0.3 is 10.1 Å². The second-order valence-electron chi connectivity index (χ2n) is 4.69. The number of methoxy groups -OCH3 is 1. The lowest BCUT2D eigenvalue weighted by Crippen LogP contribution is -2.17. The predicted molar refractivity (Wildman–Crippen MR) is 87.7 cm³/mol. The molecule has 2 aromatic rings. The topological polar surface area (TPSA) is 21.3 Å². The number of benzene rings is 1. The summed E-state index contributed by atoms with van der Waals surface area (Å²) in [5.74, 6) is 0.929. The molecule has 1 heterocycles. The molecule has 0 saturated carbocycles. The van der Waals surface area contributed by atoms with Gasteiger partial charge in [0.15, 0.2) is 0 Å². The van der Waals surface area contributed by atoms with Gasteiger partial charge in [-0.3, -0.25) is 0 Å². The Bertz CT molecular complexity index is 601. The van der Waals surface area contributed by atoms with Gasteiger partial charge in [-0.1, -0.05) is 35.3 Å². The lowest BCUT2D eigenvalue weighted by molar-refractivity contribution is 0.408. The van der Waals surface area contributed by atoms with Crippen LogP contribution in [0.2, 0.25) is 8.67 Å². The highest BCUT2D eigenvalue weighted by Gasteiger charge is 2.19. The van der Waals surface area contributed by atoms with Crippen molar-refractivity contribution in [2.45, 2.75) is 19.9 Å². The van der Waals surface area contributed by atoms with Crippen LogP contribution in [-0.4, -0.2) is 14.2 Å². The Labute approximate surface area is 133 Å². The minimum atomic E-state index is 0.0227. The van der Waals surface area contributed by atoms with E-state index >= 15 is 0 Å². The number of hydrogen-bond donors (Lipinski definition) is 1. The lowest BCUT2D eigenvalue weighted by atomic mass is 9.96. The van der Waals surface area contributed by atoms with Gasteiger partial charge in [-0.2, -0.15) is 0 Å². The van der Waals surface area contributed by atoms with E-state index in [0.29, 0.717) is 4.34 Å². The van der Waals surface area contributed by atoms with Gasteiger partial charge in [0.25, 0.3) is 0 Å². The standard InChI is InChI=1S/C15H17Cl2NOS/c1-8-5-10(6-9(2)14(8)19-4)13(18-3)11-7-12(16)20-15(11)17/h5-7,13,18H,1-4H3. The number of halogens is 2. The molecular formula is C15H17Cl2NOS. The minimum absolute atomic E-state index is 0.0227. The Morgan fingerprint density at radius 3 is 2.15 bits per heavy atom. The van der Waals surface area contributed by atoms with Gasteiger partial charge in [-0.05, 0) is 43.7 Å². The van der Waals surface area contributed by atoms with Crippen molar-refractivity contribution in [2.75, 3.05) is 14.2 Å². The maximum atomic E-state index is 6.28. The van der Waals surface area contributed by atoms with Crippen molar-refractivity contribution in [1.82, 2.24) is 5.32 Å². The Morgan fingerprint density at radius 1 is 1.15 bits per heavy atom. The Morgan fingerprint density at radius 2 is 1.75 bits per heavy atom. The molecule has 1 aromatic heterocycles. The van der Waals surface area contributed by atoms with Gasteiger partial charge >= 0.3 is 0 Å². The maximum absolute atomic E-state index is 6.28. The largest absolute Gasteiger partial charge is 0.496 e. The monoisotopic (exact) mass is 329 g/mol. The molecule has 0 bridgehead atoms. The van der Waals surface area contributed by atoms with Crippen LogP contribution in [0.4, 0.5) is 0 Å². The van der Waals surface area contributed by atoms with Crippen LogP contribution in [0.5, 0.6) is 5.75 Å². The summed E-state index contributed by atoms with van der Waals surface area (Å²) in [7, 11) is 3.61. The van der Waals surface area contributed by atoms with E-state index in [0.717, 1.165) is 32.3 Å². The van der Waals surface area contributed by atoms with Crippen LogP contribution in [-0.2, 0) is 0 Å². The second-order valence-corrected chi connectivity index (χ2v) is 6.97. The second kappa shape index (κ2) is 6.35. The van der Waals surface area contributed by atoms with Crippen LogP contribution in [0.3, 0.4) is 0 Å². The summed E-state index contributed by atoms with van der Waals surface area (Å²) in [5.41, 5.74) is 4.38. The van der Waals surface area contributed by atoms with Gasteiger partial charge in [0.2, 0.25) is 0 Å². The molecule has 1 unspecified atom stereocenters. The minimum Gasteiger partial charge on any atom is -0.496 e. The summed E-state index contributed by atoms with van der Waals surface area (Å²) < 4.78 is 6.84. The molecule has 0 aliphatic rings. The Kier molecular flexibility index (Phi) is 4.97. The molecule has 0 amide bonds. The SMILES string of the molecule is CNC(c1cc(C)c(OC)c(C)c1)c1cc(Cl)sc1Cl. The maximum Gasteiger partial charge on any atom is 0.124 e. The van der Waals surface area contributed by atoms with E-state index in [1.807, 2.05) is 27.0 Å². The lowest BCUT2D eigenvalue weighted by Gasteiger charge is -2.19. The first-order valence-electron chi connectivity index (χ1n) is 6.25. The zero-order chi connectivity index (χ0) is 14.9. The molecule has 1 aromatic carbocycles. The number of rotatable bonds is 4. The van der Waals surface area contributed by atoms with Gasteiger partial charge in [-0.25, -0.2) is 0 Å². The van der Waals surface area contributed by atoms with Crippen molar-refractivity contribution in [3.8, 4) is 5.75 Å². The molecule has 2 rings (SSSR count). The molecule has 0 aliphatic carbocycles. The number of hydrogen-bond acceptors (Lipinski definition) is 3. The zero-order valence-electron chi connectivity index (χ0n) is 11.9. The summed E-state index contributed by atoms with van der Waals surface area (Å²) >= 11 is 13.7. The highest BCUT2D eigenvalue weighted by Crippen LogP contribution is 2.38. The number of aryl methyl sites for hydroxylation is 2. The van der Waals surface area contributed by atoms with Crippen LogP contribution in [0.15, 0.2) is 18.2 Å². The van der Waals surface area contributed by atoms with Crippen molar-refractivity contribution in [3.05, 3.63) is 49.1 Å². The van der Waals surface area contributed by atoms with Gasteiger partial charge in [-0.15, -0.1) is 11.3 Å². The van der Waals surface area contributed by atoms with E-state index < -0.39 is 0 Å². The fourth-order valence-corrected chi connectivity index (χ4v) is 4.06. The van der Waals surface area contributed by atoms with Crippen LogP contribution >= 0.6 is 34.5 Å². The first-order valence-corrected chi connectivity index (χ1v) is 7.82.